The lowest BCUT2D eigenvalue weighted by Crippen LogP contribution is -2.43. The summed E-state index contributed by atoms with van der Waals surface area (Å²) in [5.41, 5.74) is 4.25. The molecule has 2 aromatic rings. The van der Waals surface area contributed by atoms with E-state index in [0.717, 1.165) is 6.42 Å². The van der Waals surface area contributed by atoms with Gasteiger partial charge in [-0.25, -0.2) is 4.98 Å². The summed E-state index contributed by atoms with van der Waals surface area (Å²) in [6.07, 6.45) is 7.29. The van der Waals surface area contributed by atoms with Gasteiger partial charge in [-0.1, -0.05) is 24.3 Å². The number of benzene rings is 1. The summed E-state index contributed by atoms with van der Waals surface area (Å²) in [6, 6.07) is 8.89. The van der Waals surface area contributed by atoms with Crippen LogP contribution in [0.4, 0.5) is 0 Å². The molecule has 0 fully saturated rings. The number of aryl methyl sites for hydroxylation is 3. The molecule has 1 aromatic carbocycles. The lowest BCUT2D eigenvalue weighted by atomic mass is 9.77. The molecular weight excluding hydrogens is 264 g/mol. The first-order valence-corrected chi connectivity index (χ1v) is 8.41. The molecule has 2 aliphatic carbocycles. The first-order valence-electron chi connectivity index (χ1n) is 7.60. The van der Waals surface area contributed by atoms with Crippen LogP contribution >= 0.6 is 11.3 Å². The highest BCUT2D eigenvalue weighted by Gasteiger charge is 2.40. The van der Waals surface area contributed by atoms with Crippen LogP contribution in [0.5, 0.6) is 0 Å². The predicted octanol–water partition coefficient (Wildman–Crippen LogP) is 3.43. The topological polar surface area (TPSA) is 24.9 Å². The number of rotatable bonds is 2. The van der Waals surface area contributed by atoms with Crippen LogP contribution in [0.2, 0.25) is 0 Å². The van der Waals surface area contributed by atoms with Gasteiger partial charge in [-0.05, 0) is 56.7 Å². The number of nitrogens with one attached hydrogen (secondary N) is 1. The van der Waals surface area contributed by atoms with Gasteiger partial charge in [0.2, 0.25) is 0 Å². The molecule has 2 nitrogen and oxygen atoms in total. The van der Waals surface area contributed by atoms with Gasteiger partial charge in [-0.3, -0.25) is 0 Å². The second kappa shape index (κ2) is 4.68. The van der Waals surface area contributed by atoms with Crippen molar-refractivity contribution in [3.63, 3.8) is 0 Å². The van der Waals surface area contributed by atoms with E-state index in [4.69, 9.17) is 4.98 Å². The third-order valence-corrected chi connectivity index (χ3v) is 6.18. The first-order chi connectivity index (χ1) is 9.83. The van der Waals surface area contributed by atoms with Crippen molar-refractivity contribution in [2.24, 2.45) is 0 Å². The molecule has 104 valence electrons. The maximum absolute atomic E-state index is 5.01. The molecule has 0 amide bonds. The zero-order valence-electron chi connectivity index (χ0n) is 11.9. The molecule has 0 saturated heterocycles. The maximum Gasteiger partial charge on any atom is 0.118 e. The van der Waals surface area contributed by atoms with E-state index in [1.54, 1.807) is 0 Å². The monoisotopic (exact) mass is 284 g/mol. The van der Waals surface area contributed by atoms with Crippen LogP contribution < -0.4 is 5.32 Å². The van der Waals surface area contributed by atoms with Crippen molar-refractivity contribution < 1.29 is 0 Å². The normalized spacial score (nSPS) is 24.4. The Morgan fingerprint density at radius 3 is 2.90 bits per heavy atom. The highest BCUT2D eigenvalue weighted by atomic mass is 32.1. The zero-order valence-corrected chi connectivity index (χ0v) is 12.7. The predicted molar refractivity (Wildman–Crippen MR) is 83.4 cm³/mol. The smallest absolute Gasteiger partial charge is 0.118 e. The summed E-state index contributed by atoms with van der Waals surface area (Å²) in [5.74, 6) is 0. The largest absolute Gasteiger partial charge is 0.305 e. The Bertz CT molecular complexity index is 625. The Labute approximate surface area is 124 Å². The Morgan fingerprint density at radius 1 is 1.15 bits per heavy atom. The van der Waals surface area contributed by atoms with Crippen LogP contribution in [0, 0.1) is 0 Å². The molecule has 0 aliphatic heterocycles. The van der Waals surface area contributed by atoms with Gasteiger partial charge in [-0.2, -0.15) is 0 Å². The number of nitrogens with zero attached hydrogens (tertiary/aromatic N) is 1. The molecule has 1 heterocycles. The van der Waals surface area contributed by atoms with Gasteiger partial charge in [0.1, 0.15) is 5.01 Å². The highest BCUT2D eigenvalue weighted by Crippen LogP contribution is 2.43. The second-order valence-corrected chi connectivity index (χ2v) is 6.99. The lowest BCUT2D eigenvalue weighted by molar-refractivity contribution is 0.368. The Kier molecular flexibility index (Phi) is 2.93. The highest BCUT2D eigenvalue weighted by molar-refractivity contribution is 7.12. The molecule has 1 atom stereocenters. The van der Waals surface area contributed by atoms with Gasteiger partial charge in [0.25, 0.3) is 0 Å². The zero-order chi connectivity index (χ0) is 13.6. The molecule has 0 saturated carbocycles. The fraction of sp³-hybridized carbons (Fsp3) is 0.471. The number of thiazole rings is 1. The van der Waals surface area contributed by atoms with Crippen LogP contribution in [0.3, 0.4) is 0 Å². The van der Waals surface area contributed by atoms with Crippen molar-refractivity contribution >= 4 is 11.3 Å². The minimum absolute atomic E-state index is 0.0517. The fourth-order valence-corrected chi connectivity index (χ4v) is 5.18. The molecule has 4 rings (SSSR count). The second-order valence-electron chi connectivity index (χ2n) is 5.91. The van der Waals surface area contributed by atoms with Crippen molar-refractivity contribution in [2.45, 2.75) is 44.1 Å². The van der Waals surface area contributed by atoms with Crippen LogP contribution in [0.1, 0.15) is 46.0 Å². The van der Waals surface area contributed by atoms with Crippen molar-refractivity contribution in [2.75, 3.05) is 7.05 Å². The van der Waals surface area contributed by atoms with Gasteiger partial charge in [-0.15, -0.1) is 11.3 Å². The number of aromatic nitrogens is 1. The van der Waals surface area contributed by atoms with Crippen LogP contribution in [-0.4, -0.2) is 12.0 Å². The quantitative estimate of drug-likeness (QED) is 0.914. The van der Waals surface area contributed by atoms with Gasteiger partial charge in [0.15, 0.2) is 0 Å². The Hall–Kier alpha value is -1.19. The average Bonchev–Trinajstić information content (AvgIpc) is 3.08. The van der Waals surface area contributed by atoms with E-state index in [1.807, 2.05) is 11.3 Å². The van der Waals surface area contributed by atoms with Gasteiger partial charge >= 0.3 is 0 Å². The molecule has 0 spiro atoms. The van der Waals surface area contributed by atoms with E-state index in [0.29, 0.717) is 0 Å². The third-order valence-electron chi connectivity index (χ3n) is 4.86. The summed E-state index contributed by atoms with van der Waals surface area (Å²) in [6.45, 7) is 0. The molecule has 2 aliphatic rings. The molecule has 20 heavy (non-hydrogen) atoms. The first kappa shape index (κ1) is 12.5. The SMILES string of the molecule is CNC1(c2nc3c(s2)CCC3)CCCc2ccccc21. The summed E-state index contributed by atoms with van der Waals surface area (Å²) < 4.78 is 0. The average molecular weight is 284 g/mol. The molecule has 1 unspecified atom stereocenters. The molecule has 1 aromatic heterocycles. The van der Waals surface area contributed by atoms with E-state index >= 15 is 0 Å². The summed E-state index contributed by atoms with van der Waals surface area (Å²) in [5, 5.41) is 4.92. The minimum Gasteiger partial charge on any atom is -0.305 e. The van der Waals surface area contributed by atoms with E-state index in [2.05, 4.69) is 36.6 Å². The number of fused-ring (bicyclic) bond motifs is 2. The molecular formula is C17H20N2S. The fourth-order valence-electron chi connectivity index (χ4n) is 3.79. The Balaban J connectivity index is 1.88. The molecule has 0 radical (unpaired) electrons. The van der Waals surface area contributed by atoms with Crippen LogP contribution in [-0.2, 0) is 24.8 Å². The van der Waals surface area contributed by atoms with Crippen molar-refractivity contribution in [1.29, 1.82) is 0 Å². The molecule has 0 bridgehead atoms. The van der Waals surface area contributed by atoms with Crippen LogP contribution in [0.15, 0.2) is 24.3 Å². The molecule has 1 N–H and O–H groups in total. The van der Waals surface area contributed by atoms with Gasteiger partial charge in [0, 0.05) is 4.88 Å². The van der Waals surface area contributed by atoms with E-state index in [-0.39, 0.29) is 5.54 Å². The van der Waals surface area contributed by atoms with Gasteiger partial charge < -0.3 is 5.32 Å². The van der Waals surface area contributed by atoms with Crippen molar-refractivity contribution in [3.8, 4) is 0 Å². The maximum atomic E-state index is 5.01. The Morgan fingerprint density at radius 2 is 2.05 bits per heavy atom. The van der Waals surface area contributed by atoms with Crippen molar-refractivity contribution in [3.05, 3.63) is 51.0 Å². The third kappa shape index (κ3) is 1.69. The minimum atomic E-state index is -0.0517. The van der Waals surface area contributed by atoms with Crippen molar-refractivity contribution in [1.82, 2.24) is 10.3 Å². The summed E-state index contributed by atoms with van der Waals surface area (Å²) >= 11 is 1.94. The van der Waals surface area contributed by atoms with E-state index < -0.39 is 0 Å². The standard InChI is InChI=1S/C17H20N2S/c1-18-17(16-19-14-9-4-10-15(14)20-16)11-5-7-12-6-2-3-8-13(12)17/h2-3,6,8,18H,4-5,7,9-11H2,1H3. The summed E-state index contributed by atoms with van der Waals surface area (Å²) in [7, 11) is 2.09. The van der Waals surface area contributed by atoms with E-state index in [9.17, 15) is 0 Å². The lowest BCUT2D eigenvalue weighted by Gasteiger charge is -2.37. The number of hydrogen-bond acceptors (Lipinski definition) is 3. The van der Waals surface area contributed by atoms with E-state index in [1.165, 1.54) is 58.8 Å². The summed E-state index contributed by atoms with van der Waals surface area (Å²) in [4.78, 5) is 6.54. The molecule has 3 heteroatoms. The number of hydrogen-bond donors (Lipinski definition) is 1. The van der Waals surface area contributed by atoms with Crippen LogP contribution in [0.25, 0.3) is 0 Å². The van der Waals surface area contributed by atoms with Gasteiger partial charge in [0.05, 0.1) is 11.2 Å².